The standard InChI is InChI=1S/C12H24N2O6/c1-6-8(15)9(16)10(17)11(20-6)14-7(12(18)19)4-2-3-5-13/h6-11,14-17H,2-5,13H2,1H3,(H,18,19)/t6-,7-,8+,9+,10-,11?/m0/s1. The van der Waals surface area contributed by atoms with E-state index >= 15 is 0 Å². The minimum atomic E-state index is -1.39. The molecule has 1 saturated heterocycles. The molecule has 6 atom stereocenters. The molecule has 0 aliphatic carbocycles. The highest BCUT2D eigenvalue weighted by atomic mass is 16.5. The second-order valence-corrected chi connectivity index (χ2v) is 5.08. The Morgan fingerprint density at radius 2 is 1.90 bits per heavy atom. The zero-order valence-electron chi connectivity index (χ0n) is 11.5. The summed E-state index contributed by atoms with van der Waals surface area (Å²) in [4.78, 5) is 11.2. The normalized spacial score (nSPS) is 35.8. The SMILES string of the molecule is C[C@@H]1OC(N[C@@H](CCCCN)C(=O)O)[C@@H](O)[C@H](O)[C@@H]1O. The molecule has 8 heteroatoms. The average Bonchev–Trinajstić information content (AvgIpc) is 2.40. The minimum Gasteiger partial charge on any atom is -0.480 e. The summed E-state index contributed by atoms with van der Waals surface area (Å²) in [5, 5.41) is 40.8. The molecule has 118 valence electrons. The highest BCUT2D eigenvalue weighted by molar-refractivity contribution is 5.73. The van der Waals surface area contributed by atoms with Gasteiger partial charge in [-0.3, -0.25) is 10.1 Å². The lowest BCUT2D eigenvalue weighted by Crippen LogP contribution is -2.63. The summed E-state index contributed by atoms with van der Waals surface area (Å²) >= 11 is 0. The van der Waals surface area contributed by atoms with E-state index in [4.69, 9.17) is 15.6 Å². The Morgan fingerprint density at radius 1 is 1.25 bits per heavy atom. The van der Waals surface area contributed by atoms with Crippen molar-refractivity contribution in [1.82, 2.24) is 5.32 Å². The van der Waals surface area contributed by atoms with Gasteiger partial charge < -0.3 is 30.9 Å². The first kappa shape index (κ1) is 17.3. The number of nitrogens with two attached hydrogens (primary N) is 1. The van der Waals surface area contributed by atoms with E-state index in [9.17, 15) is 20.1 Å². The molecule has 7 N–H and O–H groups in total. The molecule has 1 rings (SSSR count). The summed E-state index contributed by atoms with van der Waals surface area (Å²) in [6.45, 7) is 2.02. The summed E-state index contributed by atoms with van der Waals surface area (Å²) in [5.41, 5.74) is 5.36. The van der Waals surface area contributed by atoms with E-state index in [1.807, 2.05) is 0 Å². The van der Waals surface area contributed by atoms with Crippen LogP contribution in [-0.2, 0) is 9.53 Å². The molecule has 8 nitrogen and oxygen atoms in total. The third-order valence-electron chi connectivity index (χ3n) is 3.46. The van der Waals surface area contributed by atoms with Gasteiger partial charge in [-0.2, -0.15) is 0 Å². The number of carboxylic acids is 1. The maximum atomic E-state index is 11.2. The Morgan fingerprint density at radius 3 is 2.45 bits per heavy atom. The molecule has 0 bridgehead atoms. The summed E-state index contributed by atoms with van der Waals surface area (Å²) in [5.74, 6) is -1.06. The predicted octanol–water partition coefficient (Wildman–Crippen LogP) is -2.01. The second kappa shape index (κ2) is 7.87. The van der Waals surface area contributed by atoms with Crippen LogP contribution in [0, 0.1) is 0 Å². The molecule has 1 heterocycles. The number of aliphatic hydroxyl groups excluding tert-OH is 3. The Labute approximate surface area is 117 Å². The van der Waals surface area contributed by atoms with Crippen molar-refractivity contribution >= 4 is 5.97 Å². The number of carboxylic acid groups (broad SMARTS) is 1. The van der Waals surface area contributed by atoms with E-state index in [2.05, 4.69) is 5.32 Å². The summed E-state index contributed by atoms with van der Waals surface area (Å²) in [6.07, 6.45) is -4.05. The minimum absolute atomic E-state index is 0.339. The maximum Gasteiger partial charge on any atom is 0.320 e. The van der Waals surface area contributed by atoms with Crippen molar-refractivity contribution in [2.45, 2.75) is 62.9 Å². The number of carbonyl (C=O) groups is 1. The van der Waals surface area contributed by atoms with Crippen molar-refractivity contribution < 1.29 is 30.0 Å². The van der Waals surface area contributed by atoms with Crippen molar-refractivity contribution in [3.05, 3.63) is 0 Å². The van der Waals surface area contributed by atoms with Crippen LogP contribution in [0.25, 0.3) is 0 Å². The zero-order chi connectivity index (χ0) is 15.3. The van der Waals surface area contributed by atoms with Crippen LogP contribution in [0.15, 0.2) is 0 Å². The molecular weight excluding hydrogens is 268 g/mol. The van der Waals surface area contributed by atoms with Gasteiger partial charge in [0.15, 0.2) is 0 Å². The molecule has 0 spiro atoms. The lowest BCUT2D eigenvalue weighted by molar-refractivity contribution is -0.227. The summed E-state index contributed by atoms with van der Waals surface area (Å²) < 4.78 is 5.31. The first-order chi connectivity index (χ1) is 9.38. The Bertz CT molecular complexity index is 316. The fourth-order valence-electron chi connectivity index (χ4n) is 2.16. The molecular formula is C12H24N2O6. The van der Waals surface area contributed by atoms with Crippen molar-refractivity contribution in [3.63, 3.8) is 0 Å². The van der Waals surface area contributed by atoms with E-state index in [-0.39, 0.29) is 0 Å². The number of aliphatic carboxylic acids is 1. The molecule has 1 unspecified atom stereocenters. The third kappa shape index (κ3) is 4.37. The Kier molecular flexibility index (Phi) is 6.80. The van der Waals surface area contributed by atoms with Gasteiger partial charge in [0.05, 0.1) is 6.10 Å². The molecule has 0 aromatic carbocycles. The van der Waals surface area contributed by atoms with E-state index in [0.717, 1.165) is 0 Å². The zero-order valence-corrected chi connectivity index (χ0v) is 11.5. The molecule has 0 aromatic rings. The van der Waals surface area contributed by atoms with Gasteiger partial charge in [0, 0.05) is 0 Å². The lowest BCUT2D eigenvalue weighted by Gasteiger charge is -2.40. The molecule has 0 aromatic heterocycles. The van der Waals surface area contributed by atoms with Crippen LogP contribution in [0.2, 0.25) is 0 Å². The number of aliphatic hydroxyl groups is 3. The van der Waals surface area contributed by atoms with Crippen molar-refractivity contribution in [1.29, 1.82) is 0 Å². The lowest BCUT2D eigenvalue weighted by atomic mass is 9.98. The van der Waals surface area contributed by atoms with Crippen LogP contribution in [0.4, 0.5) is 0 Å². The van der Waals surface area contributed by atoms with E-state index in [1.54, 1.807) is 6.92 Å². The fourth-order valence-corrected chi connectivity index (χ4v) is 2.16. The molecule has 20 heavy (non-hydrogen) atoms. The van der Waals surface area contributed by atoms with Crippen molar-refractivity contribution in [2.24, 2.45) is 5.73 Å². The topological polar surface area (TPSA) is 145 Å². The van der Waals surface area contributed by atoms with E-state index in [1.165, 1.54) is 0 Å². The van der Waals surface area contributed by atoms with E-state index < -0.39 is 42.7 Å². The number of hydrogen-bond acceptors (Lipinski definition) is 7. The quantitative estimate of drug-likeness (QED) is 0.295. The molecule has 0 radical (unpaired) electrons. The monoisotopic (exact) mass is 292 g/mol. The van der Waals surface area contributed by atoms with Gasteiger partial charge in [-0.25, -0.2) is 0 Å². The van der Waals surface area contributed by atoms with Crippen LogP contribution in [-0.4, -0.2) is 69.6 Å². The van der Waals surface area contributed by atoms with Crippen LogP contribution < -0.4 is 11.1 Å². The Hall–Kier alpha value is -0.770. The second-order valence-electron chi connectivity index (χ2n) is 5.08. The molecule has 1 aliphatic rings. The summed E-state index contributed by atoms with van der Waals surface area (Å²) in [6, 6.07) is -0.907. The first-order valence-corrected chi connectivity index (χ1v) is 6.77. The van der Waals surface area contributed by atoms with Crippen LogP contribution in [0.1, 0.15) is 26.2 Å². The van der Waals surface area contributed by atoms with Crippen LogP contribution in [0.5, 0.6) is 0 Å². The van der Waals surface area contributed by atoms with Crippen LogP contribution in [0.3, 0.4) is 0 Å². The first-order valence-electron chi connectivity index (χ1n) is 6.77. The Balaban J connectivity index is 2.60. The predicted molar refractivity (Wildman–Crippen MR) is 69.8 cm³/mol. The molecule has 0 amide bonds. The van der Waals surface area contributed by atoms with Gasteiger partial charge >= 0.3 is 5.97 Å². The highest BCUT2D eigenvalue weighted by Crippen LogP contribution is 2.20. The van der Waals surface area contributed by atoms with Crippen molar-refractivity contribution in [2.75, 3.05) is 6.54 Å². The smallest absolute Gasteiger partial charge is 0.320 e. The van der Waals surface area contributed by atoms with Gasteiger partial charge in [0.2, 0.25) is 0 Å². The third-order valence-corrected chi connectivity index (χ3v) is 3.46. The fraction of sp³-hybridized carbons (Fsp3) is 0.917. The van der Waals surface area contributed by atoms with Gasteiger partial charge in [-0.1, -0.05) is 6.42 Å². The average molecular weight is 292 g/mol. The summed E-state index contributed by atoms with van der Waals surface area (Å²) in [7, 11) is 0. The van der Waals surface area contributed by atoms with Gasteiger partial charge in [0.25, 0.3) is 0 Å². The number of unbranched alkanes of at least 4 members (excludes halogenated alkanes) is 1. The molecule has 0 saturated carbocycles. The number of hydrogen-bond donors (Lipinski definition) is 6. The number of ether oxygens (including phenoxy) is 1. The molecule has 1 fully saturated rings. The highest BCUT2D eigenvalue weighted by Gasteiger charge is 2.42. The molecule has 1 aliphatic heterocycles. The number of nitrogens with one attached hydrogen (secondary N) is 1. The van der Waals surface area contributed by atoms with Gasteiger partial charge in [-0.05, 0) is 26.3 Å². The van der Waals surface area contributed by atoms with Gasteiger partial charge in [0.1, 0.15) is 30.6 Å². The van der Waals surface area contributed by atoms with E-state index in [0.29, 0.717) is 25.8 Å². The number of rotatable bonds is 7. The van der Waals surface area contributed by atoms with Gasteiger partial charge in [-0.15, -0.1) is 0 Å². The van der Waals surface area contributed by atoms with Crippen LogP contribution >= 0.6 is 0 Å². The maximum absolute atomic E-state index is 11.2. The largest absolute Gasteiger partial charge is 0.480 e. The van der Waals surface area contributed by atoms with Crippen molar-refractivity contribution in [3.8, 4) is 0 Å².